The number of fused-ring (bicyclic) bond motifs is 3. The molecule has 0 N–H and O–H groups in total. The largest absolute Gasteiger partial charge is 0.454 e. The smallest absolute Gasteiger partial charge is 0.216 e. The third-order valence-corrected chi connectivity index (χ3v) is 7.32. The number of pyridine rings is 1. The zero-order valence-electron chi connectivity index (χ0n) is 24.0. The molecule has 1 fully saturated rings. The summed E-state index contributed by atoms with van der Waals surface area (Å²) in [5.74, 6) is -0.529. The Labute approximate surface area is 211 Å². The Kier molecular flexibility index (Phi) is 4.20. The van der Waals surface area contributed by atoms with Gasteiger partial charge in [0.2, 0.25) is 5.69 Å². The zero-order chi connectivity index (χ0) is 27.5. The second-order valence-corrected chi connectivity index (χ2v) is 9.51. The van der Waals surface area contributed by atoms with Gasteiger partial charge < -0.3 is 4.42 Å². The van der Waals surface area contributed by atoms with E-state index in [2.05, 4.69) is 6.07 Å². The van der Waals surface area contributed by atoms with Crippen LogP contribution in [0.25, 0.3) is 44.3 Å². The Bertz CT molecular complexity index is 1790. The normalized spacial score (nSPS) is 17.1. The predicted molar refractivity (Wildman–Crippen MR) is 141 cm³/mol. The number of hydrogen-bond acceptors (Lipinski definition) is 2. The molecule has 5 aromatic rings. The Hall–Kier alpha value is -3.90. The molecule has 0 amide bonds. The van der Waals surface area contributed by atoms with Gasteiger partial charge in [-0.25, -0.2) is 4.57 Å². The minimum atomic E-state index is -2.19. The number of aryl methyl sites for hydroxylation is 3. The molecule has 0 spiro atoms. The average Bonchev–Trinajstić information content (AvgIpc) is 3.52. The van der Waals surface area contributed by atoms with Crippen LogP contribution in [0.5, 0.6) is 0 Å². The Morgan fingerprint density at radius 3 is 2.34 bits per heavy atom. The topological polar surface area (TPSA) is 40.8 Å². The molecule has 0 bridgehead atoms. The van der Waals surface area contributed by atoms with E-state index >= 15 is 0 Å². The summed E-state index contributed by atoms with van der Waals surface area (Å²) in [6.07, 6.45) is 5.57. The molecule has 0 radical (unpaired) electrons. The van der Waals surface area contributed by atoms with E-state index in [1.165, 1.54) is 0 Å². The van der Waals surface area contributed by atoms with Crippen molar-refractivity contribution in [2.24, 2.45) is 7.05 Å². The molecule has 2 aromatic heterocycles. The summed E-state index contributed by atoms with van der Waals surface area (Å²) in [4.78, 5) is 0. The summed E-state index contributed by atoms with van der Waals surface area (Å²) in [7, 11) is 1.84. The van der Waals surface area contributed by atoms with Crippen LogP contribution in [0.1, 0.15) is 59.3 Å². The van der Waals surface area contributed by atoms with E-state index in [9.17, 15) is 5.26 Å². The van der Waals surface area contributed by atoms with Crippen molar-refractivity contribution in [1.82, 2.24) is 0 Å². The number of aromatic nitrogens is 1. The van der Waals surface area contributed by atoms with Crippen molar-refractivity contribution < 1.29 is 14.5 Å². The first kappa shape index (κ1) is 17.5. The average molecular weight is 462 g/mol. The van der Waals surface area contributed by atoms with E-state index < -0.39 is 12.7 Å². The minimum Gasteiger partial charge on any atom is -0.454 e. The molecule has 3 aromatic carbocycles. The van der Waals surface area contributed by atoms with Gasteiger partial charge in [0.05, 0.1) is 17.2 Å². The standard InChI is InChI=1S/C32H29N2O/c1-20-8-17-28(34(3)19-20)29-21(2)9-15-26-27-16-14-25(18-33)30(32(27)35-31(26)29)24-12-10-23(11-13-24)22-6-4-5-7-22/h8-17,19,22H,4-7H2,1-3H3/q+1/i1D3,22D. The number of rotatable bonds is 3. The first-order valence-corrected chi connectivity index (χ1v) is 12.1. The van der Waals surface area contributed by atoms with Crippen molar-refractivity contribution in [2.45, 2.75) is 45.4 Å². The number of hydrogen-bond donors (Lipinski definition) is 0. The summed E-state index contributed by atoms with van der Waals surface area (Å²) >= 11 is 0. The monoisotopic (exact) mass is 461 g/mol. The second kappa shape index (κ2) is 8.40. The van der Waals surface area contributed by atoms with E-state index in [0.29, 0.717) is 16.7 Å². The first-order valence-electron chi connectivity index (χ1n) is 14.1. The van der Waals surface area contributed by atoms with Gasteiger partial charge in [-0.2, -0.15) is 5.26 Å². The van der Waals surface area contributed by atoms with Gasteiger partial charge in [0.15, 0.2) is 6.20 Å². The lowest BCUT2D eigenvalue weighted by molar-refractivity contribution is -0.660. The number of nitrogens with zero attached hydrogens (tertiary/aromatic N) is 2. The van der Waals surface area contributed by atoms with Crippen LogP contribution in [0.3, 0.4) is 0 Å². The molecule has 1 aliphatic carbocycles. The fourth-order valence-corrected chi connectivity index (χ4v) is 5.53. The quantitative estimate of drug-likeness (QED) is 0.256. The zero-order valence-corrected chi connectivity index (χ0v) is 20.0. The summed E-state index contributed by atoms with van der Waals surface area (Å²) in [6.45, 7) is -0.175. The first-order chi connectivity index (χ1) is 18.6. The van der Waals surface area contributed by atoms with Crippen LogP contribution in [0.15, 0.2) is 71.3 Å². The van der Waals surface area contributed by atoms with Crippen LogP contribution < -0.4 is 4.57 Å². The van der Waals surface area contributed by atoms with Gasteiger partial charge in [-0.05, 0) is 67.4 Å². The summed E-state index contributed by atoms with van der Waals surface area (Å²) in [5, 5.41) is 11.9. The molecule has 3 nitrogen and oxygen atoms in total. The number of furan rings is 1. The lowest BCUT2D eigenvalue weighted by atomic mass is 9.92. The highest BCUT2D eigenvalue weighted by atomic mass is 16.3. The maximum Gasteiger partial charge on any atom is 0.216 e. The third-order valence-electron chi connectivity index (χ3n) is 7.32. The SMILES string of the molecule is [2H]C([2H])([2H])c1ccc(-c2c(C)ccc3c2oc2c(-c4ccc(C5([2H])CCCC5)cc4)c(C#N)ccc23)[n+](C)c1. The van der Waals surface area contributed by atoms with E-state index in [-0.39, 0.29) is 5.56 Å². The second-order valence-electron chi connectivity index (χ2n) is 9.51. The number of nitriles is 1. The molecule has 0 aliphatic heterocycles. The molecule has 0 atom stereocenters. The summed E-state index contributed by atoms with van der Waals surface area (Å²) < 4.78 is 40.6. The van der Waals surface area contributed by atoms with Gasteiger partial charge in [-0.1, -0.05) is 49.2 Å². The van der Waals surface area contributed by atoms with Gasteiger partial charge in [0.25, 0.3) is 0 Å². The molecule has 35 heavy (non-hydrogen) atoms. The molecule has 172 valence electrons. The van der Waals surface area contributed by atoms with Gasteiger partial charge in [0, 0.05) is 33.4 Å². The summed E-state index contributed by atoms with van der Waals surface area (Å²) in [6, 6.07) is 21.7. The minimum absolute atomic E-state index is 0.277. The molecular weight excluding hydrogens is 428 g/mol. The molecule has 1 saturated carbocycles. The Morgan fingerprint density at radius 2 is 1.66 bits per heavy atom. The molecule has 6 rings (SSSR count). The maximum absolute atomic E-state index is 10.0. The molecule has 2 heterocycles. The Morgan fingerprint density at radius 1 is 0.943 bits per heavy atom. The van der Waals surface area contributed by atoms with Gasteiger partial charge in [-0.3, -0.25) is 0 Å². The highest BCUT2D eigenvalue weighted by Gasteiger charge is 2.23. The van der Waals surface area contributed by atoms with Crippen LogP contribution in [0.4, 0.5) is 0 Å². The maximum atomic E-state index is 10.0. The molecule has 0 unspecified atom stereocenters. The molecule has 1 aliphatic rings. The van der Waals surface area contributed by atoms with E-state index in [1.807, 2.05) is 73.1 Å². The van der Waals surface area contributed by atoms with Crippen molar-refractivity contribution in [3.05, 3.63) is 89.1 Å². The van der Waals surface area contributed by atoms with E-state index in [0.717, 1.165) is 70.0 Å². The van der Waals surface area contributed by atoms with Crippen molar-refractivity contribution in [2.75, 3.05) is 0 Å². The Balaban J connectivity index is 1.56. The lowest BCUT2D eigenvalue weighted by Crippen LogP contribution is -2.31. The molecule has 3 heteroatoms. The fraction of sp³-hybridized carbons (Fsp3) is 0.250. The highest BCUT2D eigenvalue weighted by molar-refractivity contribution is 6.14. The fourth-order valence-electron chi connectivity index (χ4n) is 5.53. The van der Waals surface area contributed by atoms with Crippen LogP contribution in [0, 0.1) is 25.1 Å². The van der Waals surface area contributed by atoms with Crippen LogP contribution in [-0.2, 0) is 7.05 Å². The van der Waals surface area contributed by atoms with E-state index in [4.69, 9.17) is 9.90 Å². The van der Waals surface area contributed by atoms with Crippen LogP contribution in [0.2, 0.25) is 0 Å². The van der Waals surface area contributed by atoms with Crippen molar-refractivity contribution in [1.29, 1.82) is 5.26 Å². The molecule has 0 saturated heterocycles. The van der Waals surface area contributed by atoms with Crippen LogP contribution >= 0.6 is 0 Å². The van der Waals surface area contributed by atoms with Gasteiger partial charge in [0.1, 0.15) is 18.2 Å². The predicted octanol–water partition coefficient (Wildman–Crippen LogP) is 7.89. The lowest BCUT2D eigenvalue weighted by Gasteiger charge is -2.11. The van der Waals surface area contributed by atoms with Crippen molar-refractivity contribution in [3.8, 4) is 28.5 Å². The molecular formula is C32H29N2O+. The highest BCUT2D eigenvalue weighted by Crippen LogP contribution is 2.42. The van der Waals surface area contributed by atoms with Crippen molar-refractivity contribution in [3.63, 3.8) is 0 Å². The van der Waals surface area contributed by atoms with Crippen LogP contribution in [-0.4, -0.2) is 0 Å². The van der Waals surface area contributed by atoms with Crippen molar-refractivity contribution >= 4 is 21.9 Å². The van der Waals surface area contributed by atoms with Gasteiger partial charge in [-0.15, -0.1) is 0 Å². The van der Waals surface area contributed by atoms with Gasteiger partial charge >= 0.3 is 0 Å². The number of benzene rings is 3. The third kappa shape index (κ3) is 3.53. The van der Waals surface area contributed by atoms with E-state index in [1.54, 1.807) is 12.3 Å². The summed E-state index contributed by atoms with van der Waals surface area (Å²) in [5.41, 5.74) is 7.53.